The standard InChI is InChI=1S/C15H21N3O3S/c1-11-4-2-3-5-12(11)13(17-15(16)20)10-14(19)18-6-8-22(21)9-7-18/h2-5,13H,6-10H2,1H3,(H3,16,17,20). The van der Waals surface area contributed by atoms with Crippen molar-refractivity contribution in [3.63, 3.8) is 0 Å². The summed E-state index contributed by atoms with van der Waals surface area (Å²) >= 11 is 0. The fourth-order valence-electron chi connectivity index (χ4n) is 2.58. The first kappa shape index (κ1) is 16.5. The first-order chi connectivity index (χ1) is 10.5. The number of aryl methyl sites for hydroxylation is 1. The van der Waals surface area contributed by atoms with E-state index in [9.17, 15) is 13.8 Å². The van der Waals surface area contributed by atoms with Crippen LogP contribution in [-0.2, 0) is 15.6 Å². The molecular formula is C15H21N3O3S. The van der Waals surface area contributed by atoms with E-state index >= 15 is 0 Å². The third-order valence-electron chi connectivity index (χ3n) is 3.79. The van der Waals surface area contributed by atoms with Crippen LogP contribution in [0.25, 0.3) is 0 Å². The highest BCUT2D eigenvalue weighted by Gasteiger charge is 2.25. The van der Waals surface area contributed by atoms with Crippen molar-refractivity contribution >= 4 is 22.7 Å². The number of primary amides is 1. The Hall–Kier alpha value is -1.89. The van der Waals surface area contributed by atoms with E-state index in [-0.39, 0.29) is 12.3 Å². The molecule has 1 atom stereocenters. The van der Waals surface area contributed by atoms with Crippen LogP contribution in [0.5, 0.6) is 0 Å². The number of benzene rings is 1. The van der Waals surface area contributed by atoms with Gasteiger partial charge in [-0.2, -0.15) is 0 Å². The van der Waals surface area contributed by atoms with Crippen molar-refractivity contribution in [3.8, 4) is 0 Å². The summed E-state index contributed by atoms with van der Waals surface area (Å²) in [6.45, 7) is 2.94. The zero-order chi connectivity index (χ0) is 16.1. The minimum atomic E-state index is -0.823. The molecule has 7 heteroatoms. The monoisotopic (exact) mass is 323 g/mol. The van der Waals surface area contributed by atoms with Crippen molar-refractivity contribution in [3.05, 3.63) is 35.4 Å². The SMILES string of the molecule is Cc1ccccc1C(CC(=O)N1CCS(=O)CC1)NC(N)=O. The molecule has 0 aromatic heterocycles. The van der Waals surface area contributed by atoms with E-state index in [4.69, 9.17) is 5.73 Å². The normalized spacial score (nSPS) is 17.0. The molecule has 120 valence electrons. The summed E-state index contributed by atoms with van der Waals surface area (Å²) in [5, 5.41) is 2.65. The Kier molecular flexibility index (Phi) is 5.54. The van der Waals surface area contributed by atoms with E-state index in [1.807, 2.05) is 31.2 Å². The summed E-state index contributed by atoms with van der Waals surface area (Å²) in [7, 11) is -0.823. The minimum absolute atomic E-state index is 0.0568. The Morgan fingerprint density at radius 1 is 1.32 bits per heavy atom. The Bertz CT molecular complexity index is 581. The lowest BCUT2D eigenvalue weighted by Gasteiger charge is -2.28. The van der Waals surface area contributed by atoms with Gasteiger partial charge in [0.25, 0.3) is 0 Å². The average molecular weight is 323 g/mol. The smallest absolute Gasteiger partial charge is 0.312 e. The molecule has 1 heterocycles. The zero-order valence-corrected chi connectivity index (χ0v) is 13.4. The van der Waals surface area contributed by atoms with Gasteiger partial charge in [-0.25, -0.2) is 4.79 Å². The predicted octanol–water partition coefficient (Wildman–Crippen LogP) is 0.685. The van der Waals surface area contributed by atoms with Gasteiger partial charge in [0.1, 0.15) is 0 Å². The molecule has 2 rings (SSSR count). The summed E-state index contributed by atoms with van der Waals surface area (Å²) in [5.41, 5.74) is 7.12. The third kappa shape index (κ3) is 4.30. The molecule has 1 aliphatic heterocycles. The molecular weight excluding hydrogens is 302 g/mol. The van der Waals surface area contributed by atoms with E-state index in [0.29, 0.717) is 24.6 Å². The summed E-state index contributed by atoms with van der Waals surface area (Å²) in [6, 6.07) is 6.49. The first-order valence-corrected chi connectivity index (χ1v) is 8.70. The van der Waals surface area contributed by atoms with Crippen molar-refractivity contribution in [2.24, 2.45) is 5.73 Å². The highest BCUT2D eigenvalue weighted by molar-refractivity contribution is 7.85. The van der Waals surface area contributed by atoms with Crippen molar-refractivity contribution in [1.29, 1.82) is 0 Å². The maximum absolute atomic E-state index is 12.4. The van der Waals surface area contributed by atoms with Gasteiger partial charge in [0, 0.05) is 35.4 Å². The predicted molar refractivity (Wildman–Crippen MR) is 85.7 cm³/mol. The number of carbonyl (C=O) groups is 2. The second-order valence-electron chi connectivity index (χ2n) is 5.35. The van der Waals surface area contributed by atoms with Crippen LogP contribution in [0, 0.1) is 6.92 Å². The summed E-state index contributed by atoms with van der Waals surface area (Å²) in [6.07, 6.45) is 0.153. The number of hydrogen-bond acceptors (Lipinski definition) is 3. The molecule has 1 fully saturated rings. The van der Waals surface area contributed by atoms with Crippen LogP contribution in [0.2, 0.25) is 0 Å². The lowest BCUT2D eigenvalue weighted by molar-refractivity contribution is -0.131. The second-order valence-corrected chi connectivity index (χ2v) is 7.05. The van der Waals surface area contributed by atoms with Crippen LogP contribution >= 0.6 is 0 Å². The molecule has 3 N–H and O–H groups in total. The van der Waals surface area contributed by atoms with Crippen molar-refractivity contribution < 1.29 is 13.8 Å². The van der Waals surface area contributed by atoms with Crippen molar-refractivity contribution in [2.45, 2.75) is 19.4 Å². The largest absolute Gasteiger partial charge is 0.352 e. The number of nitrogens with zero attached hydrogens (tertiary/aromatic N) is 1. The van der Waals surface area contributed by atoms with E-state index in [2.05, 4.69) is 5.32 Å². The lowest BCUT2D eigenvalue weighted by Crippen LogP contribution is -2.44. The number of rotatable bonds is 4. The van der Waals surface area contributed by atoms with Crippen LogP contribution in [0.1, 0.15) is 23.6 Å². The molecule has 22 heavy (non-hydrogen) atoms. The average Bonchev–Trinajstić information content (AvgIpc) is 2.47. The van der Waals surface area contributed by atoms with Gasteiger partial charge in [0.2, 0.25) is 5.91 Å². The number of hydrogen-bond donors (Lipinski definition) is 2. The number of nitrogens with one attached hydrogen (secondary N) is 1. The van der Waals surface area contributed by atoms with E-state index in [1.54, 1.807) is 4.90 Å². The minimum Gasteiger partial charge on any atom is -0.352 e. The van der Waals surface area contributed by atoms with Crippen LogP contribution in [0.3, 0.4) is 0 Å². The zero-order valence-electron chi connectivity index (χ0n) is 12.6. The number of nitrogens with two attached hydrogens (primary N) is 1. The van der Waals surface area contributed by atoms with Gasteiger partial charge in [0.05, 0.1) is 12.5 Å². The van der Waals surface area contributed by atoms with Gasteiger partial charge in [0.15, 0.2) is 0 Å². The van der Waals surface area contributed by atoms with Gasteiger partial charge < -0.3 is 16.0 Å². The molecule has 0 saturated carbocycles. The van der Waals surface area contributed by atoms with E-state index in [1.165, 1.54) is 0 Å². The van der Waals surface area contributed by atoms with Gasteiger partial charge in [-0.1, -0.05) is 24.3 Å². The van der Waals surface area contributed by atoms with Gasteiger partial charge in [-0.05, 0) is 18.1 Å². The molecule has 1 unspecified atom stereocenters. The molecule has 6 nitrogen and oxygen atoms in total. The molecule has 0 aliphatic carbocycles. The van der Waals surface area contributed by atoms with Gasteiger partial charge in [-0.15, -0.1) is 0 Å². The highest BCUT2D eigenvalue weighted by Crippen LogP contribution is 2.21. The van der Waals surface area contributed by atoms with Gasteiger partial charge in [-0.3, -0.25) is 9.00 Å². The van der Waals surface area contributed by atoms with Crippen LogP contribution in [0.4, 0.5) is 4.79 Å². The van der Waals surface area contributed by atoms with Crippen LogP contribution in [0.15, 0.2) is 24.3 Å². The fraction of sp³-hybridized carbons (Fsp3) is 0.467. The Morgan fingerprint density at radius 2 is 1.95 bits per heavy atom. The fourth-order valence-corrected chi connectivity index (χ4v) is 3.63. The first-order valence-electron chi connectivity index (χ1n) is 7.21. The molecule has 3 amide bonds. The van der Waals surface area contributed by atoms with E-state index in [0.717, 1.165) is 11.1 Å². The van der Waals surface area contributed by atoms with Crippen LogP contribution in [-0.4, -0.2) is 45.6 Å². The van der Waals surface area contributed by atoms with Crippen molar-refractivity contribution in [2.75, 3.05) is 24.6 Å². The second kappa shape index (κ2) is 7.40. The third-order valence-corrected chi connectivity index (χ3v) is 5.07. The topological polar surface area (TPSA) is 92.5 Å². The lowest BCUT2D eigenvalue weighted by atomic mass is 9.98. The molecule has 0 radical (unpaired) electrons. The molecule has 1 aromatic carbocycles. The Labute approximate surface area is 132 Å². The van der Waals surface area contributed by atoms with Crippen molar-refractivity contribution in [1.82, 2.24) is 10.2 Å². The highest BCUT2D eigenvalue weighted by atomic mass is 32.2. The number of carbonyl (C=O) groups excluding carboxylic acids is 2. The summed E-state index contributed by atoms with van der Waals surface area (Å²) in [4.78, 5) is 25.4. The Morgan fingerprint density at radius 3 is 2.55 bits per heavy atom. The summed E-state index contributed by atoms with van der Waals surface area (Å²) in [5.74, 6) is 0.979. The Balaban J connectivity index is 2.10. The summed E-state index contributed by atoms with van der Waals surface area (Å²) < 4.78 is 11.4. The molecule has 1 aliphatic rings. The quantitative estimate of drug-likeness (QED) is 0.853. The molecule has 0 spiro atoms. The molecule has 1 aromatic rings. The maximum atomic E-state index is 12.4. The van der Waals surface area contributed by atoms with Crippen LogP contribution < -0.4 is 11.1 Å². The van der Waals surface area contributed by atoms with Gasteiger partial charge >= 0.3 is 6.03 Å². The molecule has 0 bridgehead atoms. The number of urea groups is 1. The van der Waals surface area contributed by atoms with E-state index < -0.39 is 22.9 Å². The molecule has 1 saturated heterocycles. The maximum Gasteiger partial charge on any atom is 0.312 e. The number of amides is 3.